The van der Waals surface area contributed by atoms with Crippen molar-refractivity contribution in [3.05, 3.63) is 36.0 Å². The third-order valence-electron chi connectivity index (χ3n) is 2.86. The first-order valence-corrected chi connectivity index (χ1v) is 5.88. The van der Waals surface area contributed by atoms with Gasteiger partial charge < -0.3 is 21.1 Å². The Labute approximate surface area is 109 Å². The summed E-state index contributed by atoms with van der Waals surface area (Å²) in [5, 5.41) is 12.2. The van der Waals surface area contributed by atoms with Crippen LogP contribution in [0.3, 0.4) is 0 Å². The van der Waals surface area contributed by atoms with Crippen LogP contribution in [0.5, 0.6) is 0 Å². The molecule has 19 heavy (non-hydrogen) atoms. The van der Waals surface area contributed by atoms with Gasteiger partial charge in [0.25, 0.3) is 0 Å². The topological polar surface area (TPSA) is 108 Å². The number of amides is 1. The molecule has 1 aromatic heterocycles. The van der Waals surface area contributed by atoms with Gasteiger partial charge in [-0.2, -0.15) is 0 Å². The molecule has 0 bridgehead atoms. The number of carbonyl (C=O) groups is 2. The number of nitrogens with two attached hydrogens (primary N) is 1. The second-order valence-corrected chi connectivity index (χ2v) is 4.28. The van der Waals surface area contributed by atoms with Crippen molar-refractivity contribution in [3.8, 4) is 0 Å². The molecule has 2 rings (SSSR count). The zero-order chi connectivity index (χ0) is 13.8. The van der Waals surface area contributed by atoms with E-state index in [0.29, 0.717) is 6.54 Å². The van der Waals surface area contributed by atoms with Crippen LogP contribution in [0.4, 0.5) is 0 Å². The van der Waals surface area contributed by atoms with Gasteiger partial charge in [0, 0.05) is 23.6 Å². The van der Waals surface area contributed by atoms with E-state index in [9.17, 15) is 9.59 Å². The SMILES string of the molecule is NC(CC(=O)O)C(=O)NCc1c[nH]c2ccccc12. The maximum absolute atomic E-state index is 11.6. The number of carboxylic acids is 1. The Bertz CT molecular complexity index is 606. The summed E-state index contributed by atoms with van der Waals surface area (Å²) in [4.78, 5) is 25.2. The van der Waals surface area contributed by atoms with Crippen molar-refractivity contribution < 1.29 is 14.7 Å². The summed E-state index contributed by atoms with van der Waals surface area (Å²) in [6, 6.07) is 6.70. The number of benzene rings is 1. The number of hydrogen-bond acceptors (Lipinski definition) is 3. The standard InChI is InChI=1S/C13H15N3O3/c14-10(5-12(17)18)13(19)16-7-8-6-15-11-4-2-1-3-9(8)11/h1-4,6,10,15H,5,7,14H2,(H,16,19)(H,17,18). The summed E-state index contributed by atoms with van der Waals surface area (Å²) in [5.74, 6) is -1.55. The maximum atomic E-state index is 11.6. The lowest BCUT2D eigenvalue weighted by Crippen LogP contribution is -2.41. The van der Waals surface area contributed by atoms with Crippen LogP contribution in [0.15, 0.2) is 30.5 Å². The Morgan fingerprint density at radius 2 is 2.11 bits per heavy atom. The fourth-order valence-corrected chi connectivity index (χ4v) is 1.87. The molecule has 5 N–H and O–H groups in total. The van der Waals surface area contributed by atoms with E-state index in [1.165, 1.54) is 0 Å². The molecule has 1 aromatic carbocycles. The van der Waals surface area contributed by atoms with Crippen molar-refractivity contribution in [2.45, 2.75) is 19.0 Å². The third kappa shape index (κ3) is 3.11. The normalized spacial score (nSPS) is 12.3. The van der Waals surface area contributed by atoms with Gasteiger partial charge in [-0.1, -0.05) is 18.2 Å². The van der Waals surface area contributed by atoms with Gasteiger partial charge in [0.1, 0.15) is 0 Å². The predicted octanol–water partition coefficient (Wildman–Crippen LogP) is 0.586. The zero-order valence-electron chi connectivity index (χ0n) is 10.2. The smallest absolute Gasteiger partial charge is 0.305 e. The second-order valence-electron chi connectivity index (χ2n) is 4.28. The lowest BCUT2D eigenvalue weighted by molar-refractivity contribution is -0.139. The minimum Gasteiger partial charge on any atom is -0.481 e. The molecule has 1 amide bonds. The first-order valence-electron chi connectivity index (χ1n) is 5.88. The molecular weight excluding hydrogens is 246 g/mol. The Morgan fingerprint density at radius 3 is 2.84 bits per heavy atom. The van der Waals surface area contributed by atoms with Crippen LogP contribution in [0, 0.1) is 0 Å². The fraction of sp³-hybridized carbons (Fsp3) is 0.231. The molecule has 0 saturated carbocycles. The summed E-state index contributed by atoms with van der Waals surface area (Å²) in [7, 11) is 0. The number of rotatable bonds is 5. The summed E-state index contributed by atoms with van der Waals surface area (Å²) in [5.41, 5.74) is 7.39. The number of carbonyl (C=O) groups excluding carboxylic acids is 1. The number of nitrogens with one attached hydrogen (secondary N) is 2. The summed E-state index contributed by atoms with van der Waals surface area (Å²) in [6.45, 7) is 0.316. The first kappa shape index (κ1) is 13.1. The first-order chi connectivity index (χ1) is 9.08. The maximum Gasteiger partial charge on any atom is 0.305 e. The molecule has 1 atom stereocenters. The van der Waals surface area contributed by atoms with Gasteiger partial charge in [0.2, 0.25) is 5.91 Å². The number of para-hydroxylation sites is 1. The van der Waals surface area contributed by atoms with Crippen molar-refractivity contribution in [3.63, 3.8) is 0 Å². The van der Waals surface area contributed by atoms with Crippen LogP contribution >= 0.6 is 0 Å². The number of aromatic amines is 1. The molecule has 0 fully saturated rings. The van der Waals surface area contributed by atoms with Crippen LogP contribution < -0.4 is 11.1 Å². The van der Waals surface area contributed by atoms with Crippen molar-refractivity contribution in [2.24, 2.45) is 5.73 Å². The van der Waals surface area contributed by atoms with Crippen LogP contribution in [-0.4, -0.2) is 28.0 Å². The number of H-pyrrole nitrogens is 1. The molecular formula is C13H15N3O3. The highest BCUT2D eigenvalue weighted by atomic mass is 16.4. The van der Waals surface area contributed by atoms with Gasteiger partial charge in [0.15, 0.2) is 0 Å². The van der Waals surface area contributed by atoms with E-state index in [2.05, 4.69) is 10.3 Å². The van der Waals surface area contributed by atoms with Gasteiger partial charge in [-0.15, -0.1) is 0 Å². The third-order valence-corrected chi connectivity index (χ3v) is 2.86. The Morgan fingerprint density at radius 1 is 1.37 bits per heavy atom. The molecule has 1 heterocycles. The van der Waals surface area contributed by atoms with Gasteiger partial charge in [-0.05, 0) is 11.6 Å². The van der Waals surface area contributed by atoms with Crippen LogP contribution in [-0.2, 0) is 16.1 Å². The molecule has 100 valence electrons. The van der Waals surface area contributed by atoms with Crippen LogP contribution in [0.25, 0.3) is 10.9 Å². The fourth-order valence-electron chi connectivity index (χ4n) is 1.87. The van der Waals surface area contributed by atoms with E-state index >= 15 is 0 Å². The highest BCUT2D eigenvalue weighted by molar-refractivity contribution is 5.87. The molecule has 0 aliphatic rings. The molecule has 0 spiro atoms. The second kappa shape index (κ2) is 5.53. The highest BCUT2D eigenvalue weighted by Crippen LogP contribution is 2.17. The quantitative estimate of drug-likeness (QED) is 0.631. The van der Waals surface area contributed by atoms with Gasteiger partial charge in [-0.3, -0.25) is 9.59 Å². The molecule has 6 nitrogen and oxygen atoms in total. The van der Waals surface area contributed by atoms with Gasteiger partial charge in [-0.25, -0.2) is 0 Å². The molecule has 2 aromatic rings. The predicted molar refractivity (Wildman–Crippen MR) is 70.4 cm³/mol. The number of aliphatic carboxylic acids is 1. The highest BCUT2D eigenvalue weighted by Gasteiger charge is 2.16. The zero-order valence-corrected chi connectivity index (χ0v) is 10.2. The average molecular weight is 261 g/mol. The average Bonchev–Trinajstić information content (AvgIpc) is 2.78. The van der Waals surface area contributed by atoms with Crippen LogP contribution in [0.2, 0.25) is 0 Å². The monoisotopic (exact) mass is 261 g/mol. The molecule has 0 aliphatic carbocycles. The summed E-state index contributed by atoms with van der Waals surface area (Å²) < 4.78 is 0. The number of fused-ring (bicyclic) bond motifs is 1. The van der Waals surface area contributed by atoms with Crippen molar-refractivity contribution in [1.29, 1.82) is 0 Å². The largest absolute Gasteiger partial charge is 0.481 e. The minimum atomic E-state index is -1.09. The molecule has 6 heteroatoms. The van der Waals surface area contributed by atoms with E-state index in [0.717, 1.165) is 16.5 Å². The van der Waals surface area contributed by atoms with Gasteiger partial charge >= 0.3 is 5.97 Å². The minimum absolute atomic E-state index is 0.316. The summed E-state index contributed by atoms with van der Waals surface area (Å²) in [6.07, 6.45) is 1.44. The van der Waals surface area contributed by atoms with E-state index in [1.807, 2.05) is 30.5 Å². The van der Waals surface area contributed by atoms with E-state index in [-0.39, 0.29) is 6.42 Å². The van der Waals surface area contributed by atoms with Crippen molar-refractivity contribution in [2.75, 3.05) is 0 Å². The van der Waals surface area contributed by atoms with E-state index < -0.39 is 17.9 Å². The lowest BCUT2D eigenvalue weighted by atomic mass is 10.1. The van der Waals surface area contributed by atoms with E-state index in [1.54, 1.807) is 0 Å². The number of hydrogen-bond donors (Lipinski definition) is 4. The summed E-state index contributed by atoms with van der Waals surface area (Å²) >= 11 is 0. The number of aromatic nitrogens is 1. The lowest BCUT2D eigenvalue weighted by Gasteiger charge is -2.09. The van der Waals surface area contributed by atoms with Crippen molar-refractivity contribution >= 4 is 22.8 Å². The molecule has 0 saturated heterocycles. The Hall–Kier alpha value is -2.34. The molecule has 0 aliphatic heterocycles. The van der Waals surface area contributed by atoms with Crippen LogP contribution in [0.1, 0.15) is 12.0 Å². The Balaban J connectivity index is 1.99. The van der Waals surface area contributed by atoms with Crippen molar-refractivity contribution in [1.82, 2.24) is 10.3 Å². The van der Waals surface area contributed by atoms with Gasteiger partial charge in [0.05, 0.1) is 12.5 Å². The Kier molecular flexibility index (Phi) is 3.82. The molecule has 1 unspecified atom stereocenters. The molecule has 0 radical (unpaired) electrons. The van der Waals surface area contributed by atoms with E-state index in [4.69, 9.17) is 10.8 Å². The number of carboxylic acid groups (broad SMARTS) is 1.